The smallest absolute Gasteiger partial charge is 0.408 e. The molecule has 0 aliphatic carbocycles. The molecule has 1 amide bonds. The van der Waals surface area contributed by atoms with Crippen LogP contribution in [-0.4, -0.2) is 30.3 Å². The lowest BCUT2D eigenvalue weighted by Crippen LogP contribution is -2.34. The molecule has 1 N–H and O–H groups in total. The Labute approximate surface area is 156 Å². The van der Waals surface area contributed by atoms with Crippen molar-refractivity contribution < 1.29 is 22.4 Å². The minimum Gasteiger partial charge on any atom is -0.444 e. The van der Waals surface area contributed by atoms with Crippen molar-refractivity contribution in [2.45, 2.75) is 50.3 Å². The molecule has 10 heteroatoms. The Hall–Kier alpha value is -2.13. The van der Waals surface area contributed by atoms with Crippen molar-refractivity contribution in [1.82, 2.24) is 15.5 Å². The maximum absolute atomic E-state index is 12.4. The number of rotatable bonds is 5. The van der Waals surface area contributed by atoms with Gasteiger partial charge in [0.25, 0.3) is 0 Å². The first kappa shape index (κ1) is 20.2. The first-order chi connectivity index (χ1) is 12.0. The predicted molar refractivity (Wildman–Crippen MR) is 94.4 cm³/mol. The Kier molecular flexibility index (Phi) is 5.92. The van der Waals surface area contributed by atoms with Gasteiger partial charge in [-0.3, -0.25) is 0 Å². The van der Waals surface area contributed by atoms with E-state index in [1.165, 1.54) is 0 Å². The van der Waals surface area contributed by atoms with Crippen LogP contribution in [0.15, 0.2) is 33.9 Å². The van der Waals surface area contributed by atoms with Crippen LogP contribution in [0.3, 0.4) is 0 Å². The third kappa shape index (κ3) is 5.70. The van der Waals surface area contributed by atoms with Gasteiger partial charge in [0.1, 0.15) is 11.6 Å². The molecular weight excluding hydrogens is 382 g/mol. The number of alkyl carbamates (subject to hydrolysis) is 1. The lowest BCUT2D eigenvalue weighted by molar-refractivity contribution is 0.0500. The zero-order valence-corrected chi connectivity index (χ0v) is 16.4. The van der Waals surface area contributed by atoms with Crippen LogP contribution in [-0.2, 0) is 20.3 Å². The van der Waals surface area contributed by atoms with Gasteiger partial charge in [0, 0.05) is 5.02 Å². The Morgan fingerprint density at radius 3 is 2.65 bits per heavy atom. The molecule has 1 heterocycles. The molecule has 0 saturated heterocycles. The Balaban J connectivity index is 2.09. The van der Waals surface area contributed by atoms with Crippen molar-refractivity contribution in [1.29, 1.82) is 0 Å². The zero-order valence-electron chi connectivity index (χ0n) is 14.8. The Morgan fingerprint density at radius 2 is 2.04 bits per heavy atom. The van der Waals surface area contributed by atoms with Crippen LogP contribution in [0.1, 0.15) is 45.2 Å². The van der Waals surface area contributed by atoms with Crippen molar-refractivity contribution in [2.24, 2.45) is 0 Å². The van der Waals surface area contributed by atoms with Crippen molar-refractivity contribution in [3.05, 3.63) is 40.7 Å². The van der Waals surface area contributed by atoms with E-state index < -0.39 is 32.8 Å². The fourth-order valence-electron chi connectivity index (χ4n) is 1.98. The standard InChI is InChI=1S/C16H20ClN3O5S/c1-10(18-14(21)25-16(2,3)4)13-19-20-15(24-13)26(22,23)9-11-6-5-7-12(17)8-11/h5-8,10H,9H2,1-4H3,(H,18,21). The van der Waals surface area contributed by atoms with E-state index in [1.807, 2.05) is 0 Å². The number of aromatic nitrogens is 2. The first-order valence-electron chi connectivity index (χ1n) is 7.76. The van der Waals surface area contributed by atoms with E-state index in [9.17, 15) is 13.2 Å². The number of halogens is 1. The SMILES string of the molecule is CC(NC(=O)OC(C)(C)C)c1nnc(S(=O)(=O)Cc2cccc(Cl)c2)o1. The van der Waals surface area contributed by atoms with Crippen LogP contribution in [0.4, 0.5) is 4.79 Å². The van der Waals surface area contributed by atoms with Gasteiger partial charge in [0.05, 0.1) is 5.75 Å². The molecule has 1 atom stereocenters. The van der Waals surface area contributed by atoms with E-state index >= 15 is 0 Å². The number of ether oxygens (including phenoxy) is 1. The average Bonchev–Trinajstić information content (AvgIpc) is 2.95. The summed E-state index contributed by atoms with van der Waals surface area (Å²) >= 11 is 5.86. The molecule has 1 unspecified atom stereocenters. The number of nitrogens with zero attached hydrogens (tertiary/aromatic N) is 2. The van der Waals surface area contributed by atoms with E-state index in [0.29, 0.717) is 10.6 Å². The molecule has 8 nitrogen and oxygen atoms in total. The molecule has 0 spiro atoms. The van der Waals surface area contributed by atoms with E-state index in [1.54, 1.807) is 52.0 Å². The summed E-state index contributed by atoms with van der Waals surface area (Å²) in [5.41, 5.74) is -0.165. The molecule has 26 heavy (non-hydrogen) atoms. The monoisotopic (exact) mass is 401 g/mol. The number of carbonyl (C=O) groups excluding carboxylic acids is 1. The van der Waals surface area contributed by atoms with Gasteiger partial charge < -0.3 is 14.5 Å². The Morgan fingerprint density at radius 1 is 1.35 bits per heavy atom. The fourth-order valence-corrected chi connectivity index (χ4v) is 3.31. The summed E-state index contributed by atoms with van der Waals surface area (Å²) in [6.45, 7) is 6.75. The average molecular weight is 402 g/mol. The summed E-state index contributed by atoms with van der Waals surface area (Å²) in [5, 5.41) is 9.69. The molecular formula is C16H20ClN3O5S. The molecule has 1 aromatic carbocycles. The van der Waals surface area contributed by atoms with Gasteiger partial charge in [-0.2, -0.15) is 0 Å². The summed E-state index contributed by atoms with van der Waals surface area (Å²) in [6, 6.07) is 5.76. The number of carbonyl (C=O) groups is 1. The number of nitrogens with one attached hydrogen (secondary N) is 1. The Bertz CT molecular complexity index is 889. The second-order valence-electron chi connectivity index (χ2n) is 6.66. The van der Waals surface area contributed by atoms with Crippen molar-refractivity contribution in [3.8, 4) is 0 Å². The van der Waals surface area contributed by atoms with E-state index in [0.717, 1.165) is 0 Å². The number of amides is 1. The molecule has 2 aromatic rings. The minimum atomic E-state index is -3.84. The highest BCUT2D eigenvalue weighted by Gasteiger charge is 2.26. The first-order valence-corrected chi connectivity index (χ1v) is 9.79. The second-order valence-corrected chi connectivity index (χ2v) is 8.97. The minimum absolute atomic E-state index is 0.0412. The predicted octanol–water partition coefficient (Wildman–Crippen LogP) is 3.28. The molecule has 1 aromatic heterocycles. The largest absolute Gasteiger partial charge is 0.444 e. The van der Waals surface area contributed by atoms with Crippen molar-refractivity contribution >= 4 is 27.5 Å². The lowest BCUT2D eigenvalue weighted by atomic mass is 10.2. The van der Waals surface area contributed by atoms with Crippen molar-refractivity contribution in [2.75, 3.05) is 0 Å². The number of sulfone groups is 1. The molecule has 0 radical (unpaired) electrons. The molecule has 2 rings (SSSR count). The maximum atomic E-state index is 12.4. The van der Waals surface area contributed by atoms with Gasteiger partial charge in [-0.05, 0) is 45.4 Å². The number of hydrogen-bond acceptors (Lipinski definition) is 7. The summed E-state index contributed by atoms with van der Waals surface area (Å²) in [4.78, 5) is 11.8. The summed E-state index contributed by atoms with van der Waals surface area (Å²) in [5.74, 6) is -0.371. The zero-order chi connectivity index (χ0) is 19.5. The van der Waals surface area contributed by atoms with Gasteiger partial charge in [-0.15, -0.1) is 5.10 Å². The van der Waals surface area contributed by atoms with Crippen molar-refractivity contribution in [3.63, 3.8) is 0 Å². The summed E-state index contributed by atoms with van der Waals surface area (Å²) < 4.78 is 35.2. The molecule has 0 bridgehead atoms. The van der Waals surface area contributed by atoms with E-state index in [2.05, 4.69) is 15.5 Å². The van der Waals surface area contributed by atoms with E-state index in [-0.39, 0.29) is 11.6 Å². The topological polar surface area (TPSA) is 111 Å². The highest BCUT2D eigenvalue weighted by molar-refractivity contribution is 7.90. The maximum Gasteiger partial charge on any atom is 0.408 e. The molecule has 0 aliphatic rings. The quantitative estimate of drug-likeness (QED) is 0.817. The van der Waals surface area contributed by atoms with Crippen LogP contribution in [0, 0.1) is 0 Å². The van der Waals surface area contributed by atoms with Gasteiger partial charge >= 0.3 is 11.3 Å². The molecule has 0 saturated carbocycles. The van der Waals surface area contributed by atoms with Gasteiger partial charge in [0.2, 0.25) is 15.7 Å². The summed E-state index contributed by atoms with van der Waals surface area (Å²) in [6.07, 6.45) is -0.675. The number of benzene rings is 1. The van der Waals surface area contributed by atoms with Crippen LogP contribution in [0.25, 0.3) is 0 Å². The second kappa shape index (κ2) is 7.63. The van der Waals surface area contributed by atoms with E-state index in [4.69, 9.17) is 20.8 Å². The lowest BCUT2D eigenvalue weighted by Gasteiger charge is -2.20. The number of hydrogen-bond donors (Lipinski definition) is 1. The van der Waals surface area contributed by atoms with Gasteiger partial charge in [-0.25, -0.2) is 13.2 Å². The van der Waals surface area contributed by atoms with Crippen LogP contribution >= 0.6 is 11.6 Å². The molecule has 142 valence electrons. The third-order valence-electron chi connectivity index (χ3n) is 3.04. The third-order valence-corrected chi connectivity index (χ3v) is 4.68. The van der Waals surface area contributed by atoms with Gasteiger partial charge in [0.15, 0.2) is 0 Å². The highest BCUT2D eigenvalue weighted by Crippen LogP contribution is 2.20. The molecule has 0 fully saturated rings. The molecule has 0 aliphatic heterocycles. The van der Waals surface area contributed by atoms with Crippen LogP contribution in [0.2, 0.25) is 5.02 Å². The summed E-state index contributed by atoms with van der Waals surface area (Å²) in [7, 11) is -3.84. The normalized spacial score (nSPS) is 13.3. The van der Waals surface area contributed by atoms with Crippen LogP contribution < -0.4 is 5.32 Å². The van der Waals surface area contributed by atoms with Crippen LogP contribution in [0.5, 0.6) is 0 Å². The van der Waals surface area contributed by atoms with Gasteiger partial charge in [-0.1, -0.05) is 28.8 Å². The highest BCUT2D eigenvalue weighted by atomic mass is 35.5. The fraction of sp³-hybridized carbons (Fsp3) is 0.438.